The number of nitro groups is 1. The highest BCUT2D eigenvalue weighted by atomic mass is 16.6. The quantitative estimate of drug-likeness (QED) is 0.689. The number of aromatic nitrogens is 1. The molecule has 21 heavy (non-hydrogen) atoms. The van der Waals surface area contributed by atoms with Crippen molar-refractivity contribution in [2.45, 2.75) is 12.3 Å². The lowest BCUT2D eigenvalue weighted by atomic mass is 9.98. The normalized spacial score (nSPS) is 16.8. The van der Waals surface area contributed by atoms with Crippen LogP contribution in [0.25, 0.3) is 0 Å². The Morgan fingerprint density at radius 2 is 2.14 bits per heavy atom. The molecule has 1 aliphatic rings. The van der Waals surface area contributed by atoms with Gasteiger partial charge in [-0.2, -0.15) is 0 Å². The third kappa shape index (κ3) is 2.45. The van der Waals surface area contributed by atoms with Crippen molar-refractivity contribution in [2.24, 2.45) is 5.73 Å². The molecule has 0 saturated carbocycles. The third-order valence-corrected chi connectivity index (χ3v) is 3.82. The van der Waals surface area contributed by atoms with E-state index >= 15 is 0 Å². The summed E-state index contributed by atoms with van der Waals surface area (Å²) in [6, 6.07) is 11.4. The maximum Gasteiger partial charge on any atom is 0.363 e. The molecule has 0 radical (unpaired) electrons. The fraction of sp³-hybridized carbons (Fsp3) is 0.267. The molecule has 1 aliphatic heterocycles. The lowest BCUT2D eigenvalue weighted by Crippen LogP contribution is -2.17. The zero-order valence-corrected chi connectivity index (χ0v) is 11.5. The molecular weight excluding hydrogens is 268 g/mol. The number of pyridine rings is 1. The highest BCUT2D eigenvalue weighted by molar-refractivity contribution is 5.70. The lowest BCUT2D eigenvalue weighted by molar-refractivity contribution is -0.389. The first kappa shape index (κ1) is 13.5. The van der Waals surface area contributed by atoms with E-state index in [0.29, 0.717) is 12.5 Å². The molecule has 0 amide bonds. The summed E-state index contributed by atoms with van der Waals surface area (Å²) < 4.78 is 0. The van der Waals surface area contributed by atoms with Gasteiger partial charge in [0.05, 0.1) is 5.69 Å². The van der Waals surface area contributed by atoms with Gasteiger partial charge in [0.25, 0.3) is 0 Å². The van der Waals surface area contributed by atoms with Gasteiger partial charge in [0.1, 0.15) is 0 Å². The van der Waals surface area contributed by atoms with Crippen molar-refractivity contribution in [3.63, 3.8) is 0 Å². The molecule has 1 atom stereocenters. The molecule has 0 bridgehead atoms. The van der Waals surface area contributed by atoms with Gasteiger partial charge in [0.2, 0.25) is 0 Å². The molecule has 108 valence electrons. The van der Waals surface area contributed by atoms with E-state index in [0.717, 1.165) is 24.3 Å². The molecular formula is C15H16N4O2. The zero-order chi connectivity index (χ0) is 14.8. The van der Waals surface area contributed by atoms with E-state index in [1.54, 1.807) is 12.3 Å². The van der Waals surface area contributed by atoms with E-state index in [4.69, 9.17) is 5.73 Å². The molecule has 2 heterocycles. The van der Waals surface area contributed by atoms with Crippen LogP contribution in [0.5, 0.6) is 0 Å². The van der Waals surface area contributed by atoms with Crippen LogP contribution in [0, 0.1) is 10.1 Å². The Kier molecular flexibility index (Phi) is 3.53. The highest BCUT2D eigenvalue weighted by Crippen LogP contribution is 2.41. The van der Waals surface area contributed by atoms with E-state index in [9.17, 15) is 10.1 Å². The van der Waals surface area contributed by atoms with Crippen molar-refractivity contribution in [3.8, 4) is 0 Å². The Morgan fingerprint density at radius 3 is 2.81 bits per heavy atom. The van der Waals surface area contributed by atoms with E-state index in [2.05, 4.69) is 22.0 Å². The van der Waals surface area contributed by atoms with Gasteiger partial charge < -0.3 is 20.7 Å². The van der Waals surface area contributed by atoms with Crippen molar-refractivity contribution >= 4 is 17.2 Å². The van der Waals surface area contributed by atoms with Gasteiger partial charge in [-0.1, -0.05) is 18.2 Å². The molecule has 2 N–H and O–H groups in total. The van der Waals surface area contributed by atoms with E-state index in [1.807, 2.05) is 12.1 Å². The summed E-state index contributed by atoms with van der Waals surface area (Å²) >= 11 is 0. The van der Waals surface area contributed by atoms with Crippen LogP contribution in [0.4, 0.5) is 17.2 Å². The molecule has 6 nitrogen and oxygen atoms in total. The number of benzene rings is 1. The first-order valence-electron chi connectivity index (χ1n) is 6.87. The Morgan fingerprint density at radius 1 is 1.33 bits per heavy atom. The van der Waals surface area contributed by atoms with Crippen LogP contribution in [-0.4, -0.2) is 23.0 Å². The Hall–Kier alpha value is -2.47. The second-order valence-corrected chi connectivity index (χ2v) is 5.08. The summed E-state index contributed by atoms with van der Waals surface area (Å²) in [5.41, 5.74) is 8.98. The largest absolute Gasteiger partial charge is 0.363 e. The first-order valence-corrected chi connectivity index (χ1v) is 6.87. The van der Waals surface area contributed by atoms with Crippen molar-refractivity contribution < 1.29 is 4.92 Å². The van der Waals surface area contributed by atoms with Crippen LogP contribution >= 0.6 is 0 Å². The Labute approximate surface area is 122 Å². The second kappa shape index (κ2) is 5.49. The predicted molar refractivity (Wildman–Crippen MR) is 80.8 cm³/mol. The van der Waals surface area contributed by atoms with Gasteiger partial charge >= 0.3 is 5.82 Å². The van der Waals surface area contributed by atoms with Crippen LogP contribution in [0.2, 0.25) is 0 Å². The van der Waals surface area contributed by atoms with Crippen LogP contribution < -0.4 is 10.6 Å². The summed E-state index contributed by atoms with van der Waals surface area (Å²) in [5, 5.41) is 10.7. The molecule has 2 aromatic rings. The number of nitrogens with zero attached hydrogens (tertiary/aromatic N) is 3. The molecule has 0 saturated heterocycles. The van der Waals surface area contributed by atoms with Crippen molar-refractivity contribution in [1.82, 2.24) is 4.98 Å². The minimum absolute atomic E-state index is 0.134. The monoisotopic (exact) mass is 284 g/mol. The minimum Gasteiger partial charge on any atom is -0.358 e. The van der Waals surface area contributed by atoms with Crippen LogP contribution in [-0.2, 0) is 0 Å². The van der Waals surface area contributed by atoms with Crippen molar-refractivity contribution in [3.05, 3.63) is 58.3 Å². The van der Waals surface area contributed by atoms with Gasteiger partial charge in [-0.15, -0.1) is 0 Å². The fourth-order valence-electron chi connectivity index (χ4n) is 2.83. The highest BCUT2D eigenvalue weighted by Gasteiger charge is 2.29. The van der Waals surface area contributed by atoms with Crippen LogP contribution in [0.15, 0.2) is 42.6 Å². The van der Waals surface area contributed by atoms with E-state index < -0.39 is 4.92 Å². The molecule has 0 aliphatic carbocycles. The average Bonchev–Trinajstić information content (AvgIpc) is 2.87. The molecule has 3 rings (SSSR count). The van der Waals surface area contributed by atoms with Gasteiger partial charge in [-0.3, -0.25) is 0 Å². The number of rotatable bonds is 4. The molecule has 1 aromatic carbocycles. The van der Waals surface area contributed by atoms with Gasteiger partial charge in [-0.05, 0) is 40.6 Å². The van der Waals surface area contributed by atoms with Crippen LogP contribution in [0.3, 0.4) is 0 Å². The zero-order valence-electron chi connectivity index (χ0n) is 11.5. The number of hydrogen-bond donors (Lipinski definition) is 1. The maximum absolute atomic E-state index is 10.7. The average molecular weight is 284 g/mol. The first-order chi connectivity index (χ1) is 10.2. The maximum atomic E-state index is 10.7. The molecule has 0 spiro atoms. The summed E-state index contributed by atoms with van der Waals surface area (Å²) in [6.45, 7) is 1.47. The molecule has 1 unspecified atom stereocenters. The number of hydrogen-bond acceptors (Lipinski definition) is 5. The lowest BCUT2D eigenvalue weighted by Gasteiger charge is -2.18. The summed E-state index contributed by atoms with van der Waals surface area (Å²) in [7, 11) is 0. The van der Waals surface area contributed by atoms with Gasteiger partial charge in [0, 0.05) is 24.2 Å². The van der Waals surface area contributed by atoms with Crippen LogP contribution in [0.1, 0.15) is 17.9 Å². The van der Waals surface area contributed by atoms with Crippen molar-refractivity contribution in [2.75, 3.05) is 18.0 Å². The van der Waals surface area contributed by atoms with Gasteiger partial charge in [0.15, 0.2) is 6.20 Å². The fourth-order valence-corrected chi connectivity index (χ4v) is 2.83. The molecule has 1 aromatic heterocycles. The Balaban J connectivity index is 1.94. The number of para-hydroxylation sites is 1. The number of fused-ring (bicyclic) bond motifs is 1. The second-order valence-electron chi connectivity index (χ2n) is 5.08. The third-order valence-electron chi connectivity index (χ3n) is 3.82. The summed E-state index contributed by atoms with van der Waals surface area (Å²) in [6.07, 6.45) is 2.48. The predicted octanol–water partition coefficient (Wildman–Crippen LogP) is 2.57. The number of nitrogens with two attached hydrogens (primary N) is 1. The minimum atomic E-state index is -0.487. The summed E-state index contributed by atoms with van der Waals surface area (Å²) in [4.78, 5) is 16.2. The summed E-state index contributed by atoms with van der Waals surface area (Å²) in [5.74, 6) is 0.256. The van der Waals surface area contributed by atoms with Gasteiger partial charge in [-0.25, -0.2) is 0 Å². The topological polar surface area (TPSA) is 85.3 Å². The smallest absolute Gasteiger partial charge is 0.358 e. The van der Waals surface area contributed by atoms with E-state index in [1.165, 1.54) is 11.6 Å². The molecule has 6 heteroatoms. The van der Waals surface area contributed by atoms with E-state index in [-0.39, 0.29) is 5.82 Å². The number of anilines is 2. The Bertz CT molecular complexity index is 657. The molecule has 0 fully saturated rings. The standard InChI is InChI=1S/C15H16N4O2/c16-8-7-11-10-18(14-4-2-1-3-13(11)14)12-5-6-15(17-9-12)19(20)21/h1-6,9,11H,7-8,10,16H2. The van der Waals surface area contributed by atoms with Crippen molar-refractivity contribution in [1.29, 1.82) is 0 Å². The SMILES string of the molecule is NCCC1CN(c2ccc([N+](=O)[O-])nc2)c2ccccc21.